The van der Waals surface area contributed by atoms with Crippen LogP contribution in [0.5, 0.6) is 0 Å². The third-order valence-corrected chi connectivity index (χ3v) is 6.50. The Kier molecular flexibility index (Phi) is 5.99. The van der Waals surface area contributed by atoms with Gasteiger partial charge in [-0.3, -0.25) is 9.59 Å². The van der Waals surface area contributed by atoms with Crippen molar-refractivity contribution in [2.24, 2.45) is 5.41 Å². The van der Waals surface area contributed by atoms with E-state index in [0.717, 1.165) is 39.0 Å². The summed E-state index contributed by atoms with van der Waals surface area (Å²) >= 11 is 0. The van der Waals surface area contributed by atoms with Crippen LogP contribution in [-0.2, 0) is 57.7 Å². The zero-order valence-electron chi connectivity index (χ0n) is 19.0. The number of carbonyl (C=O) groups excluding carboxylic acids is 3. The minimum Gasteiger partial charge on any atom is -0.468 e. The Morgan fingerprint density at radius 2 is 1.27 bits per heavy atom. The Morgan fingerprint density at radius 3 is 1.79 bits per heavy atom. The monoisotopic (exact) mass is 454 g/mol. The van der Waals surface area contributed by atoms with Gasteiger partial charge in [-0.15, -0.1) is 0 Å². The molecule has 33 heavy (non-hydrogen) atoms. The molecule has 1 aromatic carbocycles. The van der Waals surface area contributed by atoms with Gasteiger partial charge in [-0.05, 0) is 50.1 Å². The van der Waals surface area contributed by atoms with Crippen molar-refractivity contribution >= 4 is 34.6 Å². The molecule has 2 heterocycles. The molecule has 2 aliphatic heterocycles. The summed E-state index contributed by atoms with van der Waals surface area (Å²) in [7, 11) is 3.71. The lowest BCUT2D eigenvalue weighted by Crippen LogP contribution is -2.46. The highest BCUT2D eigenvalue weighted by Gasteiger charge is 2.53. The predicted molar refractivity (Wildman–Crippen MR) is 119 cm³/mol. The summed E-state index contributed by atoms with van der Waals surface area (Å²) in [6.45, 7) is 9.67. The number of carbonyl (C=O) groups is 3. The summed E-state index contributed by atoms with van der Waals surface area (Å²) in [6, 6.07) is 0. The van der Waals surface area contributed by atoms with Crippen LogP contribution < -0.4 is 0 Å². The van der Waals surface area contributed by atoms with E-state index in [4.69, 9.17) is 23.7 Å². The van der Waals surface area contributed by atoms with E-state index in [1.165, 1.54) is 27.4 Å². The summed E-state index contributed by atoms with van der Waals surface area (Å²) < 4.78 is 26.5. The summed E-state index contributed by atoms with van der Waals surface area (Å²) in [6.07, 6.45) is 1.25. The number of hydrogen-bond acceptors (Lipinski definition) is 8. The van der Waals surface area contributed by atoms with E-state index in [9.17, 15) is 14.4 Å². The molecule has 3 aliphatic rings. The second kappa shape index (κ2) is 8.61. The maximum Gasteiger partial charge on any atom is 0.330 e. The fourth-order valence-corrected chi connectivity index (χ4v) is 5.19. The molecule has 0 amide bonds. The van der Waals surface area contributed by atoms with Crippen LogP contribution in [0.25, 0.3) is 16.7 Å². The Morgan fingerprint density at radius 1 is 0.758 bits per heavy atom. The van der Waals surface area contributed by atoms with Crippen molar-refractivity contribution in [1.82, 2.24) is 0 Å². The Balaban J connectivity index is 2.12. The van der Waals surface area contributed by atoms with Gasteiger partial charge in [0.2, 0.25) is 0 Å². The second-order valence-corrected chi connectivity index (χ2v) is 8.36. The third kappa shape index (κ3) is 3.50. The smallest absolute Gasteiger partial charge is 0.330 e. The van der Waals surface area contributed by atoms with Crippen LogP contribution in [0.15, 0.2) is 19.2 Å². The van der Waals surface area contributed by atoms with Crippen molar-refractivity contribution < 1.29 is 38.1 Å². The zero-order valence-corrected chi connectivity index (χ0v) is 19.0. The van der Waals surface area contributed by atoms with Gasteiger partial charge in [0.25, 0.3) is 0 Å². The highest BCUT2D eigenvalue weighted by Crippen LogP contribution is 2.51. The fraction of sp³-hybridized carbons (Fsp3) is 0.400. The van der Waals surface area contributed by atoms with Crippen molar-refractivity contribution in [3.8, 4) is 0 Å². The van der Waals surface area contributed by atoms with Crippen LogP contribution >= 0.6 is 0 Å². The van der Waals surface area contributed by atoms with Gasteiger partial charge in [-0.1, -0.05) is 13.2 Å². The molecule has 0 spiro atoms. The van der Waals surface area contributed by atoms with Crippen LogP contribution in [-0.4, -0.2) is 52.5 Å². The maximum absolute atomic E-state index is 13.0. The molecular weight excluding hydrogens is 428 g/mol. The molecule has 0 N–H and O–H groups in total. The topological polar surface area (TPSA) is 97.4 Å². The highest BCUT2D eigenvalue weighted by molar-refractivity contribution is 6.06. The van der Waals surface area contributed by atoms with Crippen molar-refractivity contribution in [2.75, 3.05) is 34.5 Å². The first-order valence-electron chi connectivity index (χ1n) is 10.5. The average molecular weight is 454 g/mol. The zero-order chi connectivity index (χ0) is 23.9. The highest BCUT2D eigenvalue weighted by atomic mass is 16.5. The van der Waals surface area contributed by atoms with Gasteiger partial charge in [0.05, 0.1) is 47.8 Å². The molecule has 174 valence electrons. The SMILES string of the molecule is C=C1COCc2c1c1c(c3c2/C(=C/C(=O)OC)CC(C(=O)OC)(C(=O)OC)C3)C(=C)COC1. The molecule has 0 aromatic heterocycles. The first kappa shape index (κ1) is 22.9. The van der Waals surface area contributed by atoms with Gasteiger partial charge >= 0.3 is 17.9 Å². The van der Waals surface area contributed by atoms with Crippen LogP contribution in [0, 0.1) is 5.41 Å². The van der Waals surface area contributed by atoms with Crippen LogP contribution in [0.4, 0.5) is 0 Å². The molecule has 4 rings (SSSR count). The molecular formula is C25H26O8. The molecule has 1 aromatic rings. The van der Waals surface area contributed by atoms with Crippen LogP contribution in [0.3, 0.4) is 0 Å². The average Bonchev–Trinajstić information content (AvgIpc) is 2.82. The summed E-state index contributed by atoms with van der Waals surface area (Å²) in [4.78, 5) is 38.4. The molecule has 0 radical (unpaired) electrons. The van der Waals surface area contributed by atoms with Gasteiger partial charge in [-0.2, -0.15) is 0 Å². The Labute approximate surface area is 191 Å². The first-order valence-corrected chi connectivity index (χ1v) is 10.5. The van der Waals surface area contributed by atoms with E-state index in [1.807, 2.05) is 0 Å². The number of rotatable bonds is 3. The van der Waals surface area contributed by atoms with Gasteiger partial charge in [0.1, 0.15) is 0 Å². The first-order chi connectivity index (χ1) is 15.8. The molecule has 0 saturated carbocycles. The van der Waals surface area contributed by atoms with E-state index in [0.29, 0.717) is 37.6 Å². The summed E-state index contributed by atoms with van der Waals surface area (Å²) in [5.41, 5.74) is 5.28. The van der Waals surface area contributed by atoms with E-state index in [-0.39, 0.29) is 12.8 Å². The van der Waals surface area contributed by atoms with Crippen molar-refractivity contribution in [3.63, 3.8) is 0 Å². The lowest BCUT2D eigenvalue weighted by molar-refractivity contribution is -0.169. The molecule has 0 atom stereocenters. The number of fused-ring (bicyclic) bond motifs is 6. The van der Waals surface area contributed by atoms with Gasteiger partial charge in [0.15, 0.2) is 5.41 Å². The summed E-state index contributed by atoms with van der Waals surface area (Å²) in [5, 5.41) is 0. The van der Waals surface area contributed by atoms with Gasteiger partial charge in [-0.25, -0.2) is 4.79 Å². The quantitative estimate of drug-likeness (QED) is 0.298. The molecule has 1 aliphatic carbocycles. The third-order valence-electron chi connectivity index (χ3n) is 6.50. The number of methoxy groups -OCH3 is 3. The number of allylic oxidation sites excluding steroid dienone is 1. The normalized spacial score (nSPS) is 19.8. The van der Waals surface area contributed by atoms with E-state index in [2.05, 4.69) is 13.2 Å². The minimum absolute atomic E-state index is 0.0291. The standard InChI is InChI=1S/C25H26O8/c1-13-9-32-11-17-20(13)16-8-25(23(27)30-4,24(28)31-5)7-15(6-19(26)29-3)22(16)18-12-33-10-14(2)21(17)18/h6H,1-2,7-12H2,3-5H3/b15-6+. The molecule has 0 saturated heterocycles. The number of benzene rings is 1. The maximum atomic E-state index is 13.0. The predicted octanol–water partition coefficient (Wildman–Crippen LogP) is 2.61. The fourth-order valence-electron chi connectivity index (χ4n) is 5.19. The summed E-state index contributed by atoms with van der Waals surface area (Å²) in [5.74, 6) is -2.08. The molecule has 0 unspecified atom stereocenters. The molecule has 8 nitrogen and oxygen atoms in total. The second-order valence-electron chi connectivity index (χ2n) is 8.36. The van der Waals surface area contributed by atoms with Crippen molar-refractivity contribution in [1.29, 1.82) is 0 Å². The Hall–Kier alpha value is -3.23. The lowest BCUT2D eigenvalue weighted by Gasteiger charge is -2.40. The molecule has 0 fully saturated rings. The number of ether oxygens (including phenoxy) is 5. The Bertz CT molecular complexity index is 1110. The van der Waals surface area contributed by atoms with E-state index in [1.54, 1.807) is 0 Å². The molecule has 8 heteroatoms. The number of esters is 3. The minimum atomic E-state index is -1.66. The lowest BCUT2D eigenvalue weighted by atomic mass is 9.64. The van der Waals surface area contributed by atoms with Gasteiger partial charge < -0.3 is 23.7 Å². The van der Waals surface area contributed by atoms with E-state index >= 15 is 0 Å². The van der Waals surface area contributed by atoms with Crippen LogP contribution in [0.2, 0.25) is 0 Å². The van der Waals surface area contributed by atoms with Crippen LogP contribution in [0.1, 0.15) is 39.8 Å². The van der Waals surface area contributed by atoms with E-state index < -0.39 is 23.3 Å². The molecule has 0 bridgehead atoms. The largest absolute Gasteiger partial charge is 0.468 e. The van der Waals surface area contributed by atoms with Gasteiger partial charge in [0, 0.05) is 18.9 Å². The van der Waals surface area contributed by atoms with Crippen molar-refractivity contribution in [2.45, 2.75) is 26.1 Å². The van der Waals surface area contributed by atoms with Crippen molar-refractivity contribution in [3.05, 3.63) is 52.6 Å². The number of hydrogen-bond donors (Lipinski definition) is 0.